The lowest BCUT2D eigenvalue weighted by molar-refractivity contribution is 0.686. The smallest absolute Gasteiger partial charge is 0.0181 e. The Morgan fingerprint density at radius 2 is 0.692 bits per heavy atom. The van der Waals surface area contributed by atoms with Gasteiger partial charge in [0.2, 0.25) is 0 Å². The molecule has 0 heterocycles. The first-order valence-electron chi connectivity index (χ1n) is 10.2. The van der Waals surface area contributed by atoms with Gasteiger partial charge in [0.25, 0.3) is 0 Å². The van der Waals surface area contributed by atoms with Crippen LogP contribution in [0.2, 0.25) is 0 Å². The molecule has 3 aromatic rings. The van der Waals surface area contributed by atoms with Gasteiger partial charge in [-0.1, -0.05) is 60.7 Å². The highest BCUT2D eigenvalue weighted by atomic mass is 14.2. The predicted molar refractivity (Wildman–Crippen MR) is 111 cm³/mol. The molecule has 0 fully saturated rings. The first-order chi connectivity index (χ1) is 12.9. The summed E-state index contributed by atoms with van der Waals surface area (Å²) in [6.07, 6.45) is 10.4. The zero-order valence-corrected chi connectivity index (χ0v) is 15.4. The Morgan fingerprint density at radius 1 is 0.346 bits per heavy atom. The van der Waals surface area contributed by atoms with Gasteiger partial charge in [-0.05, 0) is 95.9 Å². The minimum Gasteiger partial charge on any atom is -0.0582 e. The highest BCUT2D eigenvalue weighted by Gasteiger charge is 2.12. The van der Waals surface area contributed by atoms with Crippen LogP contribution in [0.4, 0.5) is 0 Å². The molecule has 0 heteroatoms. The van der Waals surface area contributed by atoms with E-state index in [2.05, 4.69) is 60.7 Å². The van der Waals surface area contributed by atoms with Crippen molar-refractivity contribution in [2.75, 3.05) is 0 Å². The number of aryl methyl sites for hydroxylation is 4. The molecule has 0 radical (unpaired) electrons. The normalized spacial score (nSPS) is 16.0. The van der Waals surface area contributed by atoms with E-state index in [1.54, 1.807) is 22.3 Å². The Morgan fingerprint density at radius 3 is 1.12 bits per heavy atom. The van der Waals surface area contributed by atoms with Crippen LogP contribution in [0.5, 0.6) is 0 Å². The number of hydrogen-bond donors (Lipinski definition) is 0. The summed E-state index contributed by atoms with van der Waals surface area (Å²) in [5, 5.41) is 0. The van der Waals surface area contributed by atoms with E-state index < -0.39 is 0 Å². The second-order valence-corrected chi connectivity index (χ2v) is 7.96. The van der Waals surface area contributed by atoms with Gasteiger partial charge in [0.1, 0.15) is 0 Å². The molecule has 0 spiro atoms. The van der Waals surface area contributed by atoms with Crippen molar-refractivity contribution in [1.29, 1.82) is 0 Å². The van der Waals surface area contributed by atoms with Crippen LogP contribution in [-0.4, -0.2) is 0 Å². The first kappa shape index (κ1) is 15.9. The summed E-state index contributed by atoms with van der Waals surface area (Å²) in [7, 11) is 0. The van der Waals surface area contributed by atoms with Crippen molar-refractivity contribution >= 4 is 0 Å². The summed E-state index contributed by atoms with van der Waals surface area (Å²) in [5.74, 6) is 0. The number of benzene rings is 3. The molecule has 0 N–H and O–H groups in total. The summed E-state index contributed by atoms with van der Waals surface area (Å²) in [4.78, 5) is 0. The quantitative estimate of drug-likeness (QED) is 0.483. The van der Waals surface area contributed by atoms with Crippen LogP contribution in [0.25, 0.3) is 22.3 Å². The molecule has 0 amide bonds. The molecular formula is C26H26. The Bertz CT molecular complexity index is 852. The zero-order chi connectivity index (χ0) is 17.3. The summed E-state index contributed by atoms with van der Waals surface area (Å²) in [6.45, 7) is 0. The molecule has 0 nitrogen and oxygen atoms in total. The topological polar surface area (TPSA) is 0 Å². The Labute approximate surface area is 156 Å². The fourth-order valence-electron chi connectivity index (χ4n) is 4.68. The molecule has 0 atom stereocenters. The van der Waals surface area contributed by atoms with Gasteiger partial charge in [0.05, 0.1) is 0 Å². The summed E-state index contributed by atoms with van der Waals surface area (Å²) < 4.78 is 0. The minimum absolute atomic E-state index is 1.25. The van der Waals surface area contributed by atoms with Crippen molar-refractivity contribution in [3.63, 3.8) is 0 Å². The molecule has 26 heavy (non-hydrogen) atoms. The third-order valence-corrected chi connectivity index (χ3v) is 6.25. The van der Waals surface area contributed by atoms with E-state index in [1.807, 2.05) is 0 Å². The third kappa shape index (κ3) is 2.98. The van der Waals surface area contributed by atoms with Gasteiger partial charge in [0.15, 0.2) is 0 Å². The summed E-state index contributed by atoms with van der Waals surface area (Å²) >= 11 is 0. The lowest BCUT2D eigenvalue weighted by Gasteiger charge is -2.17. The van der Waals surface area contributed by atoms with Crippen LogP contribution in [-0.2, 0) is 25.7 Å². The van der Waals surface area contributed by atoms with Crippen molar-refractivity contribution in [3.05, 3.63) is 82.9 Å². The molecular weight excluding hydrogens is 312 g/mol. The summed E-state index contributed by atoms with van der Waals surface area (Å²) in [5.41, 5.74) is 11.6. The molecule has 2 aliphatic rings. The average molecular weight is 338 g/mol. The van der Waals surface area contributed by atoms with E-state index in [1.165, 1.54) is 73.6 Å². The number of hydrogen-bond acceptors (Lipinski definition) is 0. The van der Waals surface area contributed by atoms with Gasteiger partial charge < -0.3 is 0 Å². The minimum atomic E-state index is 1.25. The van der Waals surface area contributed by atoms with Gasteiger partial charge in [-0.3, -0.25) is 0 Å². The monoisotopic (exact) mass is 338 g/mol. The zero-order valence-electron chi connectivity index (χ0n) is 15.4. The Kier molecular flexibility index (Phi) is 4.13. The maximum atomic E-state index is 2.42. The fourth-order valence-corrected chi connectivity index (χ4v) is 4.68. The van der Waals surface area contributed by atoms with Crippen LogP contribution < -0.4 is 0 Å². The molecule has 5 rings (SSSR count). The van der Waals surface area contributed by atoms with Crippen molar-refractivity contribution < 1.29 is 0 Å². The molecule has 0 aromatic heterocycles. The second-order valence-electron chi connectivity index (χ2n) is 7.96. The van der Waals surface area contributed by atoms with Crippen LogP contribution in [0.15, 0.2) is 60.7 Å². The molecule has 3 aromatic carbocycles. The SMILES string of the molecule is c1cc(-c2ccc3c(c2)CCCC3)ccc1-c1ccc2c(c1)CCCC2. The maximum Gasteiger partial charge on any atom is -0.0181 e. The van der Waals surface area contributed by atoms with E-state index in [0.717, 1.165) is 0 Å². The van der Waals surface area contributed by atoms with E-state index in [4.69, 9.17) is 0 Å². The van der Waals surface area contributed by atoms with E-state index in [0.29, 0.717) is 0 Å². The van der Waals surface area contributed by atoms with Gasteiger partial charge in [-0.25, -0.2) is 0 Å². The van der Waals surface area contributed by atoms with E-state index >= 15 is 0 Å². The fraction of sp³-hybridized carbons (Fsp3) is 0.308. The average Bonchev–Trinajstić information content (AvgIpc) is 2.73. The van der Waals surface area contributed by atoms with Gasteiger partial charge in [-0.15, -0.1) is 0 Å². The second kappa shape index (κ2) is 6.76. The number of fused-ring (bicyclic) bond motifs is 2. The van der Waals surface area contributed by atoms with Crippen molar-refractivity contribution in [2.45, 2.75) is 51.4 Å². The largest absolute Gasteiger partial charge is 0.0582 e. The van der Waals surface area contributed by atoms with Crippen LogP contribution in [0.3, 0.4) is 0 Å². The van der Waals surface area contributed by atoms with Crippen molar-refractivity contribution in [3.8, 4) is 22.3 Å². The molecule has 0 bridgehead atoms. The van der Waals surface area contributed by atoms with E-state index in [9.17, 15) is 0 Å². The summed E-state index contributed by atoms with van der Waals surface area (Å²) in [6, 6.07) is 23.3. The van der Waals surface area contributed by atoms with Gasteiger partial charge >= 0.3 is 0 Å². The Hall–Kier alpha value is -2.34. The standard InChI is InChI=1S/C26H26/c1-3-7-23-17-25(15-13-19(23)5-1)21-9-11-22(12-10-21)26-16-14-20-6-2-4-8-24(20)18-26/h9-18H,1-8H2. The van der Waals surface area contributed by atoms with Crippen LogP contribution >= 0.6 is 0 Å². The van der Waals surface area contributed by atoms with E-state index in [-0.39, 0.29) is 0 Å². The predicted octanol–water partition coefficient (Wildman–Crippen LogP) is 6.78. The van der Waals surface area contributed by atoms with Crippen LogP contribution in [0, 0.1) is 0 Å². The van der Waals surface area contributed by atoms with Gasteiger partial charge in [-0.2, -0.15) is 0 Å². The molecule has 130 valence electrons. The molecule has 0 saturated carbocycles. The lowest BCUT2D eigenvalue weighted by atomic mass is 9.88. The molecule has 2 aliphatic carbocycles. The highest BCUT2D eigenvalue weighted by molar-refractivity contribution is 5.71. The maximum absolute atomic E-state index is 2.42. The first-order valence-corrected chi connectivity index (χ1v) is 10.2. The number of rotatable bonds is 2. The van der Waals surface area contributed by atoms with Crippen molar-refractivity contribution in [2.24, 2.45) is 0 Å². The highest BCUT2D eigenvalue weighted by Crippen LogP contribution is 2.31. The molecule has 0 saturated heterocycles. The van der Waals surface area contributed by atoms with Crippen molar-refractivity contribution in [1.82, 2.24) is 0 Å². The Balaban J connectivity index is 1.44. The molecule has 0 aliphatic heterocycles. The lowest BCUT2D eigenvalue weighted by Crippen LogP contribution is -2.02. The third-order valence-electron chi connectivity index (χ3n) is 6.25. The molecule has 0 unspecified atom stereocenters. The van der Waals surface area contributed by atoms with Gasteiger partial charge in [0, 0.05) is 0 Å². The van der Waals surface area contributed by atoms with Crippen LogP contribution in [0.1, 0.15) is 47.9 Å².